The molecule has 0 amide bonds. The van der Waals surface area contributed by atoms with Crippen molar-refractivity contribution in [1.82, 2.24) is 0 Å². The van der Waals surface area contributed by atoms with E-state index in [4.69, 9.17) is 0 Å². The Morgan fingerprint density at radius 1 is 0.900 bits per heavy atom. The molecule has 3 aromatic rings. The fourth-order valence-corrected chi connectivity index (χ4v) is 5.64. The fraction of sp³-hybridized carbons (Fsp3) is 0.222. The molecule has 0 aliphatic carbocycles. The van der Waals surface area contributed by atoms with E-state index in [0.717, 1.165) is 23.1 Å². The first kappa shape index (κ1) is 22.1. The van der Waals surface area contributed by atoms with Crippen molar-refractivity contribution < 1.29 is 4.74 Å². The molecule has 2 nitrogen and oxygen atoms in total. The predicted molar refractivity (Wildman–Crippen MR) is 129 cm³/mol. The average molecular weight is 462 g/mol. The second-order valence-electron chi connectivity index (χ2n) is 7.43. The second-order valence-corrected chi connectivity index (χ2v) is 10.1. The van der Waals surface area contributed by atoms with Gasteiger partial charge in [-0.2, -0.15) is 0 Å². The number of hydrogen-bond donors (Lipinski definition) is 0. The third-order valence-corrected chi connectivity index (χ3v) is 8.00. The van der Waals surface area contributed by atoms with Crippen molar-refractivity contribution in [3.05, 3.63) is 119 Å². The minimum absolute atomic E-state index is 0.125. The van der Waals surface area contributed by atoms with Gasteiger partial charge in [-0.25, -0.2) is 0 Å². The van der Waals surface area contributed by atoms with Crippen molar-refractivity contribution in [3.63, 3.8) is 0 Å². The van der Waals surface area contributed by atoms with Gasteiger partial charge >= 0.3 is 187 Å². The van der Waals surface area contributed by atoms with Crippen molar-refractivity contribution in [3.8, 4) is 0 Å². The number of rotatable bonds is 9. The summed E-state index contributed by atoms with van der Waals surface area (Å²) >= 11 is 0.188. The molecule has 3 rings (SSSR count). The van der Waals surface area contributed by atoms with E-state index in [-0.39, 0.29) is 25.8 Å². The molecule has 2 unspecified atom stereocenters. The second kappa shape index (κ2) is 11.5. The van der Waals surface area contributed by atoms with Crippen molar-refractivity contribution in [2.24, 2.45) is 0 Å². The van der Waals surface area contributed by atoms with E-state index >= 15 is 0 Å². The van der Waals surface area contributed by atoms with Crippen LogP contribution in [0, 0.1) is 12.1 Å². The van der Waals surface area contributed by atoms with E-state index in [9.17, 15) is 5.21 Å². The molecule has 0 saturated carbocycles. The van der Waals surface area contributed by atoms with Gasteiger partial charge in [0.2, 0.25) is 0 Å². The normalized spacial score (nSPS) is 14.0. The summed E-state index contributed by atoms with van der Waals surface area (Å²) in [6.07, 6.45) is 8.24. The summed E-state index contributed by atoms with van der Waals surface area (Å²) in [5, 5.41) is 12.9. The average Bonchev–Trinajstić information content (AvgIpc) is 2.78. The Balaban J connectivity index is 1.72. The first-order valence-corrected chi connectivity index (χ1v) is 12.3. The zero-order valence-electron chi connectivity index (χ0n) is 17.6. The summed E-state index contributed by atoms with van der Waals surface area (Å²) in [6.45, 7) is 4.20. The molecule has 3 aromatic carbocycles. The predicted octanol–water partition coefficient (Wildman–Crippen LogP) is 5.32. The van der Waals surface area contributed by atoms with Crippen LogP contribution in [0.5, 0.6) is 0 Å². The van der Waals surface area contributed by atoms with Gasteiger partial charge in [-0.15, -0.1) is 0 Å². The molecule has 0 saturated heterocycles. The van der Waals surface area contributed by atoms with E-state index in [2.05, 4.69) is 67.6 Å². The van der Waals surface area contributed by atoms with Crippen LogP contribution in [0.2, 0.25) is 4.82 Å². The molecule has 0 spiro atoms. The van der Waals surface area contributed by atoms with E-state index < -0.39 is 0 Å². The summed E-state index contributed by atoms with van der Waals surface area (Å²) in [7, 11) is 0. The molecule has 154 valence electrons. The Hall–Kier alpha value is -2.61. The molecule has 0 bridgehead atoms. The van der Waals surface area contributed by atoms with Gasteiger partial charge in [-0.05, 0) is 0 Å². The van der Waals surface area contributed by atoms with Crippen molar-refractivity contribution in [2.45, 2.75) is 37.5 Å². The van der Waals surface area contributed by atoms with Gasteiger partial charge in [0.15, 0.2) is 0 Å². The van der Waals surface area contributed by atoms with Gasteiger partial charge in [-0.1, -0.05) is 0 Å². The molecule has 0 aliphatic rings. The molecule has 2 atom stereocenters. The van der Waals surface area contributed by atoms with Gasteiger partial charge in [0.1, 0.15) is 0 Å². The maximum absolute atomic E-state index is 12.9. The summed E-state index contributed by atoms with van der Waals surface area (Å²) in [4.78, 5) is 0.203. The van der Waals surface area contributed by atoms with Crippen LogP contribution in [0.25, 0.3) is 0 Å². The molecule has 30 heavy (non-hydrogen) atoms. The SMILES string of the molecule is Cc1ccccc1CC/C=C/C([Se]c1ccccc1)C(C)/[N+]([O-])=C/c1ccccc1. The van der Waals surface area contributed by atoms with Crippen LogP contribution >= 0.6 is 0 Å². The Morgan fingerprint density at radius 3 is 2.23 bits per heavy atom. The van der Waals surface area contributed by atoms with E-state index in [1.165, 1.54) is 15.6 Å². The number of hydrogen-bond acceptors (Lipinski definition) is 1. The molecule has 0 radical (unpaired) electrons. The molecule has 3 heteroatoms. The number of benzene rings is 3. The fourth-order valence-electron chi connectivity index (χ4n) is 3.26. The van der Waals surface area contributed by atoms with Gasteiger partial charge in [-0.3, -0.25) is 0 Å². The Morgan fingerprint density at radius 2 is 1.53 bits per heavy atom. The number of aryl methyl sites for hydroxylation is 2. The van der Waals surface area contributed by atoms with Crippen molar-refractivity contribution in [1.29, 1.82) is 0 Å². The van der Waals surface area contributed by atoms with E-state index in [1.54, 1.807) is 6.21 Å². The first-order valence-electron chi connectivity index (χ1n) is 10.4. The van der Waals surface area contributed by atoms with Gasteiger partial charge in [0.25, 0.3) is 0 Å². The molecular weight excluding hydrogens is 433 g/mol. The van der Waals surface area contributed by atoms with Crippen LogP contribution in [0.3, 0.4) is 0 Å². The molecule has 0 N–H and O–H groups in total. The standard InChI is InChI=1S/C27H29NOSe/c1-22-13-9-10-16-25(22)17-11-12-20-27(30-26-18-7-4-8-19-26)23(2)28(29)21-24-14-5-3-6-15-24/h3-10,12-16,18-21,23,27H,11,17H2,1-2H3/b20-12+,28-21-. The van der Waals surface area contributed by atoms with Gasteiger partial charge in [0.05, 0.1) is 0 Å². The van der Waals surface area contributed by atoms with Crippen LogP contribution in [-0.4, -0.2) is 32.0 Å². The summed E-state index contributed by atoms with van der Waals surface area (Å²) in [6, 6.07) is 28.8. The molecule has 0 aromatic heterocycles. The van der Waals surface area contributed by atoms with Crippen LogP contribution < -0.4 is 4.46 Å². The van der Waals surface area contributed by atoms with Gasteiger partial charge in [0, 0.05) is 0 Å². The van der Waals surface area contributed by atoms with Crippen molar-refractivity contribution >= 4 is 25.6 Å². The summed E-state index contributed by atoms with van der Waals surface area (Å²) in [5.41, 5.74) is 3.67. The van der Waals surface area contributed by atoms with Crippen molar-refractivity contribution in [2.75, 3.05) is 0 Å². The van der Waals surface area contributed by atoms with Crippen LogP contribution in [-0.2, 0) is 6.42 Å². The van der Waals surface area contributed by atoms with Crippen LogP contribution in [0.15, 0.2) is 97.1 Å². The first-order chi connectivity index (χ1) is 14.6. The van der Waals surface area contributed by atoms with E-state index in [1.807, 2.05) is 43.3 Å². The number of allylic oxidation sites excluding steroid dienone is 1. The molecule has 0 aliphatic heterocycles. The monoisotopic (exact) mass is 463 g/mol. The number of hydroxylamine groups is 1. The zero-order chi connectivity index (χ0) is 21.2. The Labute approximate surface area is 186 Å². The van der Waals surface area contributed by atoms with E-state index in [0.29, 0.717) is 0 Å². The molecular formula is C27H29NOSe. The third kappa shape index (κ3) is 6.73. The topological polar surface area (TPSA) is 26.1 Å². The Kier molecular flexibility index (Phi) is 8.50. The Bertz CT molecular complexity index is 966. The third-order valence-electron chi connectivity index (χ3n) is 5.14. The summed E-state index contributed by atoms with van der Waals surface area (Å²) < 4.78 is 2.44. The maximum atomic E-state index is 12.9. The van der Waals surface area contributed by atoms with Gasteiger partial charge < -0.3 is 0 Å². The van der Waals surface area contributed by atoms with Crippen LogP contribution in [0.4, 0.5) is 0 Å². The minimum atomic E-state index is -0.125. The zero-order valence-corrected chi connectivity index (χ0v) is 19.4. The number of nitrogens with zero attached hydrogens (tertiary/aromatic N) is 1. The molecule has 0 heterocycles. The van der Waals surface area contributed by atoms with Crippen LogP contribution in [0.1, 0.15) is 30.0 Å². The summed E-state index contributed by atoms with van der Waals surface area (Å²) in [5.74, 6) is 0. The molecule has 0 fully saturated rings. The quantitative estimate of drug-likeness (QED) is 0.106.